The highest BCUT2D eigenvalue weighted by Gasteiger charge is 2.14. The maximum Gasteiger partial charge on any atom is 0.260 e. The molecule has 0 fully saturated rings. The number of thiophene rings is 1. The zero-order valence-corrected chi connectivity index (χ0v) is 15.0. The second-order valence-corrected chi connectivity index (χ2v) is 6.96. The molecule has 0 atom stereocenters. The first-order valence-electron chi connectivity index (χ1n) is 7.85. The maximum absolute atomic E-state index is 12.6. The molecule has 128 valence electrons. The van der Waals surface area contributed by atoms with Gasteiger partial charge >= 0.3 is 0 Å². The summed E-state index contributed by atoms with van der Waals surface area (Å²) < 4.78 is 0. The van der Waals surface area contributed by atoms with Gasteiger partial charge in [-0.2, -0.15) is 0 Å². The Balaban J connectivity index is 1.79. The molecule has 0 bridgehead atoms. The van der Waals surface area contributed by atoms with Gasteiger partial charge in [-0.05, 0) is 29.3 Å². The van der Waals surface area contributed by atoms with E-state index in [4.69, 9.17) is 11.6 Å². The molecule has 26 heavy (non-hydrogen) atoms. The molecule has 6 heteroatoms. The predicted octanol–water partition coefficient (Wildman–Crippen LogP) is 5.09. The van der Waals surface area contributed by atoms with Crippen LogP contribution in [0.15, 0.2) is 64.8 Å². The topological polar surface area (TPSA) is 66.0 Å². The minimum Gasteiger partial charge on any atom is -0.508 e. The van der Waals surface area contributed by atoms with Crippen LogP contribution in [0.25, 0.3) is 32.5 Å². The van der Waals surface area contributed by atoms with Crippen LogP contribution in [0.3, 0.4) is 0 Å². The summed E-state index contributed by atoms with van der Waals surface area (Å²) in [4.78, 5) is 20.6. The summed E-state index contributed by atoms with van der Waals surface area (Å²) in [6, 6.07) is 16.3. The standard InChI is InChI=1S/C20H13ClN2O2S/c21-16(10-12-6-8-14(24)9-7-12)18-22-19(25)17-15(11-26-20(17)23-18)13-4-2-1-3-5-13/h1-11,24H,(H,22,23,25)/b16-10-. The van der Waals surface area contributed by atoms with E-state index in [1.54, 1.807) is 30.3 Å². The van der Waals surface area contributed by atoms with Crippen LogP contribution in [-0.2, 0) is 0 Å². The summed E-state index contributed by atoms with van der Waals surface area (Å²) in [6.07, 6.45) is 1.69. The first-order valence-corrected chi connectivity index (χ1v) is 9.11. The summed E-state index contributed by atoms with van der Waals surface area (Å²) in [6.45, 7) is 0. The highest BCUT2D eigenvalue weighted by molar-refractivity contribution is 7.17. The molecule has 2 heterocycles. The number of phenolic OH excluding ortho intramolecular Hbond substituents is 1. The Kier molecular flexibility index (Phi) is 4.32. The number of rotatable bonds is 3. The Labute approximate surface area is 158 Å². The molecule has 0 spiro atoms. The first kappa shape index (κ1) is 16.6. The van der Waals surface area contributed by atoms with Crippen molar-refractivity contribution >= 4 is 44.3 Å². The van der Waals surface area contributed by atoms with Crippen LogP contribution in [0.4, 0.5) is 0 Å². The van der Waals surface area contributed by atoms with Gasteiger partial charge < -0.3 is 10.1 Å². The quantitative estimate of drug-likeness (QED) is 0.520. The lowest BCUT2D eigenvalue weighted by atomic mass is 10.1. The zero-order valence-electron chi connectivity index (χ0n) is 13.4. The fraction of sp³-hybridized carbons (Fsp3) is 0. The molecule has 0 saturated carbocycles. The highest BCUT2D eigenvalue weighted by Crippen LogP contribution is 2.31. The van der Waals surface area contributed by atoms with Crippen molar-refractivity contribution in [2.45, 2.75) is 0 Å². The van der Waals surface area contributed by atoms with Gasteiger partial charge in [0.15, 0.2) is 5.82 Å². The minimum atomic E-state index is -0.220. The van der Waals surface area contributed by atoms with Crippen LogP contribution in [0.2, 0.25) is 0 Å². The van der Waals surface area contributed by atoms with Crippen LogP contribution in [0.1, 0.15) is 11.4 Å². The normalized spacial score (nSPS) is 11.8. The average molecular weight is 381 g/mol. The lowest BCUT2D eigenvalue weighted by molar-refractivity contribution is 0.475. The minimum absolute atomic E-state index is 0.179. The van der Waals surface area contributed by atoms with E-state index >= 15 is 0 Å². The van der Waals surface area contributed by atoms with E-state index in [2.05, 4.69) is 9.97 Å². The first-order chi connectivity index (χ1) is 12.6. The summed E-state index contributed by atoms with van der Waals surface area (Å²) in [5.41, 5.74) is 2.42. The van der Waals surface area contributed by atoms with Gasteiger partial charge in [-0.25, -0.2) is 4.98 Å². The molecule has 0 radical (unpaired) electrons. The number of halogens is 1. The van der Waals surface area contributed by atoms with Crippen molar-refractivity contribution in [1.82, 2.24) is 9.97 Å². The molecule has 0 aliphatic rings. The monoisotopic (exact) mass is 380 g/mol. The van der Waals surface area contributed by atoms with Crippen LogP contribution >= 0.6 is 22.9 Å². The number of nitrogens with zero attached hydrogens (tertiary/aromatic N) is 1. The van der Waals surface area contributed by atoms with E-state index in [0.29, 0.717) is 21.1 Å². The molecule has 4 nitrogen and oxygen atoms in total. The SMILES string of the molecule is O=c1[nH]c(/C(Cl)=C/c2ccc(O)cc2)nc2scc(-c3ccccc3)c12. The van der Waals surface area contributed by atoms with E-state index in [1.165, 1.54) is 11.3 Å². The molecule has 0 unspecified atom stereocenters. The molecule has 2 aromatic carbocycles. The molecule has 0 amide bonds. The van der Waals surface area contributed by atoms with E-state index in [1.807, 2.05) is 35.7 Å². The number of phenols is 1. The number of aromatic amines is 1. The van der Waals surface area contributed by atoms with Crippen molar-refractivity contribution in [3.63, 3.8) is 0 Å². The van der Waals surface area contributed by atoms with Gasteiger partial charge in [-0.1, -0.05) is 54.1 Å². The Hall–Kier alpha value is -2.89. The third-order valence-corrected chi connectivity index (χ3v) is 5.10. The Morgan fingerprint density at radius 2 is 1.85 bits per heavy atom. The van der Waals surface area contributed by atoms with Crippen molar-refractivity contribution in [2.24, 2.45) is 0 Å². The van der Waals surface area contributed by atoms with Crippen LogP contribution in [-0.4, -0.2) is 15.1 Å². The van der Waals surface area contributed by atoms with Gasteiger partial charge in [0, 0.05) is 10.9 Å². The number of fused-ring (bicyclic) bond motifs is 1. The van der Waals surface area contributed by atoms with Crippen molar-refractivity contribution in [1.29, 1.82) is 0 Å². The summed E-state index contributed by atoms with van der Waals surface area (Å²) in [5, 5.41) is 12.2. The largest absolute Gasteiger partial charge is 0.508 e. The van der Waals surface area contributed by atoms with Crippen LogP contribution < -0.4 is 5.56 Å². The van der Waals surface area contributed by atoms with Gasteiger partial charge in [0.05, 0.1) is 10.4 Å². The highest BCUT2D eigenvalue weighted by atomic mass is 35.5. The maximum atomic E-state index is 12.6. The second-order valence-electron chi connectivity index (χ2n) is 5.69. The van der Waals surface area contributed by atoms with Crippen molar-refractivity contribution < 1.29 is 5.11 Å². The van der Waals surface area contributed by atoms with E-state index in [-0.39, 0.29) is 11.3 Å². The number of nitrogens with one attached hydrogen (secondary N) is 1. The van der Waals surface area contributed by atoms with E-state index in [9.17, 15) is 9.90 Å². The number of hydrogen-bond acceptors (Lipinski definition) is 4. The third-order valence-electron chi connectivity index (χ3n) is 3.94. The number of hydrogen-bond donors (Lipinski definition) is 2. The van der Waals surface area contributed by atoms with Gasteiger partial charge in [0.2, 0.25) is 0 Å². The van der Waals surface area contributed by atoms with Crippen molar-refractivity contribution in [3.05, 3.63) is 81.7 Å². The molecular formula is C20H13ClN2O2S. The molecule has 0 aliphatic carbocycles. The lowest BCUT2D eigenvalue weighted by Gasteiger charge is -2.02. The number of H-pyrrole nitrogens is 1. The zero-order chi connectivity index (χ0) is 18.1. The lowest BCUT2D eigenvalue weighted by Crippen LogP contribution is -2.10. The molecule has 2 N–H and O–H groups in total. The number of benzene rings is 2. The Morgan fingerprint density at radius 3 is 2.58 bits per heavy atom. The molecule has 0 saturated heterocycles. The summed E-state index contributed by atoms with van der Waals surface area (Å²) >= 11 is 7.76. The molecule has 2 aromatic heterocycles. The van der Waals surface area contributed by atoms with E-state index in [0.717, 1.165) is 16.7 Å². The Bertz CT molecular complexity index is 1160. The van der Waals surface area contributed by atoms with Gasteiger partial charge in [0.25, 0.3) is 5.56 Å². The number of aromatic hydroxyl groups is 1. The van der Waals surface area contributed by atoms with Crippen LogP contribution in [0, 0.1) is 0 Å². The smallest absolute Gasteiger partial charge is 0.260 e. The average Bonchev–Trinajstić information content (AvgIpc) is 3.09. The third kappa shape index (κ3) is 3.14. The molecular weight excluding hydrogens is 368 g/mol. The van der Waals surface area contributed by atoms with Crippen molar-refractivity contribution in [3.8, 4) is 16.9 Å². The van der Waals surface area contributed by atoms with Gasteiger partial charge in [-0.3, -0.25) is 4.79 Å². The second kappa shape index (κ2) is 6.78. The molecule has 4 rings (SSSR count). The van der Waals surface area contributed by atoms with Gasteiger partial charge in [-0.15, -0.1) is 11.3 Å². The fourth-order valence-corrected chi connectivity index (χ4v) is 3.84. The summed E-state index contributed by atoms with van der Waals surface area (Å²) in [5.74, 6) is 0.497. The predicted molar refractivity (Wildman–Crippen MR) is 108 cm³/mol. The van der Waals surface area contributed by atoms with Crippen LogP contribution in [0.5, 0.6) is 5.75 Å². The number of aromatic nitrogens is 2. The summed E-state index contributed by atoms with van der Waals surface area (Å²) in [7, 11) is 0. The van der Waals surface area contributed by atoms with Crippen molar-refractivity contribution in [2.75, 3.05) is 0 Å². The molecule has 0 aliphatic heterocycles. The Morgan fingerprint density at radius 1 is 1.12 bits per heavy atom. The fourth-order valence-electron chi connectivity index (χ4n) is 2.68. The van der Waals surface area contributed by atoms with E-state index < -0.39 is 0 Å². The van der Waals surface area contributed by atoms with Gasteiger partial charge in [0.1, 0.15) is 10.6 Å². The molecule has 4 aromatic rings.